The molecule has 0 spiro atoms. The Balaban J connectivity index is 2.55. The molecular formula is C21H34N2O4S. The van der Waals surface area contributed by atoms with Crippen LogP contribution in [0.25, 0.3) is 6.08 Å². The van der Waals surface area contributed by atoms with Gasteiger partial charge in [-0.15, -0.1) is 0 Å². The van der Waals surface area contributed by atoms with E-state index in [1.165, 1.54) is 4.31 Å². The number of aliphatic hydroxyl groups is 1. The fourth-order valence-electron chi connectivity index (χ4n) is 3.54. The standard InChI is InChI=1S/C21H34N2O4S/c1-6-8-18-9-10-21-19(12-18)27-20(14-22(5)11-7-2)16(3)13-23(17(4)15-24)28(21,25)26/h6,8-10,12,16-17,20,24H,7,11,13-15H2,1-5H3/b8-6+/t16-,17-,20-/m0/s1. The van der Waals surface area contributed by atoms with Crippen LogP contribution in [0.15, 0.2) is 29.2 Å². The molecule has 1 aliphatic rings. The maximum absolute atomic E-state index is 13.3. The van der Waals surface area contributed by atoms with Crippen LogP contribution < -0.4 is 4.74 Å². The summed E-state index contributed by atoms with van der Waals surface area (Å²) in [5, 5.41) is 9.66. The van der Waals surface area contributed by atoms with Crippen molar-refractivity contribution >= 4 is 16.1 Å². The van der Waals surface area contributed by atoms with Crippen LogP contribution >= 0.6 is 0 Å². The van der Waals surface area contributed by atoms with Gasteiger partial charge in [-0.2, -0.15) is 4.31 Å². The van der Waals surface area contributed by atoms with E-state index in [-0.39, 0.29) is 23.5 Å². The van der Waals surface area contributed by atoms with Crippen molar-refractivity contribution in [3.63, 3.8) is 0 Å². The Morgan fingerprint density at radius 1 is 1.43 bits per heavy atom. The largest absolute Gasteiger partial charge is 0.487 e. The summed E-state index contributed by atoms with van der Waals surface area (Å²) in [4.78, 5) is 2.38. The molecular weight excluding hydrogens is 376 g/mol. The number of allylic oxidation sites excluding steroid dienone is 1. The number of sulfonamides is 1. The Morgan fingerprint density at radius 2 is 2.14 bits per heavy atom. The van der Waals surface area contributed by atoms with E-state index in [0.29, 0.717) is 18.8 Å². The molecule has 0 bridgehead atoms. The van der Waals surface area contributed by atoms with Crippen molar-refractivity contribution in [2.45, 2.75) is 51.2 Å². The van der Waals surface area contributed by atoms with Crippen molar-refractivity contribution in [1.82, 2.24) is 9.21 Å². The number of aliphatic hydroxyl groups excluding tert-OH is 1. The van der Waals surface area contributed by atoms with Crippen molar-refractivity contribution in [3.05, 3.63) is 29.8 Å². The zero-order valence-electron chi connectivity index (χ0n) is 17.6. The minimum absolute atomic E-state index is 0.0263. The number of fused-ring (bicyclic) bond motifs is 1. The Labute approximate surface area is 169 Å². The topological polar surface area (TPSA) is 70.1 Å². The van der Waals surface area contributed by atoms with Crippen LogP contribution in [0.3, 0.4) is 0 Å². The molecule has 2 rings (SSSR count). The molecule has 1 heterocycles. The predicted octanol–water partition coefficient (Wildman–Crippen LogP) is 2.83. The highest BCUT2D eigenvalue weighted by atomic mass is 32.2. The minimum Gasteiger partial charge on any atom is -0.487 e. The maximum Gasteiger partial charge on any atom is 0.247 e. The molecule has 1 N–H and O–H groups in total. The van der Waals surface area contributed by atoms with Crippen molar-refractivity contribution in [2.24, 2.45) is 5.92 Å². The van der Waals surface area contributed by atoms with Gasteiger partial charge in [0, 0.05) is 25.0 Å². The van der Waals surface area contributed by atoms with Gasteiger partial charge >= 0.3 is 0 Å². The highest BCUT2D eigenvalue weighted by molar-refractivity contribution is 7.89. The number of rotatable bonds is 7. The quantitative estimate of drug-likeness (QED) is 0.749. The summed E-state index contributed by atoms with van der Waals surface area (Å²) in [7, 11) is -1.71. The maximum atomic E-state index is 13.3. The monoisotopic (exact) mass is 410 g/mol. The molecule has 0 saturated heterocycles. The van der Waals surface area contributed by atoms with E-state index in [1.54, 1.807) is 25.1 Å². The molecule has 0 aromatic heterocycles. The van der Waals surface area contributed by atoms with Gasteiger partial charge in [-0.3, -0.25) is 0 Å². The lowest BCUT2D eigenvalue weighted by molar-refractivity contribution is 0.0752. The molecule has 0 fully saturated rings. The average molecular weight is 411 g/mol. The van der Waals surface area contributed by atoms with Crippen LogP contribution in [0.2, 0.25) is 0 Å². The van der Waals surface area contributed by atoms with Crippen molar-refractivity contribution in [3.8, 4) is 5.75 Å². The Hall–Kier alpha value is -1.41. The van der Waals surface area contributed by atoms with Crippen LogP contribution in [0.1, 0.15) is 39.7 Å². The fraction of sp³-hybridized carbons (Fsp3) is 0.619. The van der Waals surface area contributed by atoms with Crippen LogP contribution in [-0.4, -0.2) is 68.2 Å². The average Bonchev–Trinajstić information content (AvgIpc) is 2.64. The Morgan fingerprint density at radius 3 is 2.75 bits per heavy atom. The summed E-state index contributed by atoms with van der Waals surface area (Å²) in [6.45, 7) is 9.55. The van der Waals surface area contributed by atoms with E-state index in [1.807, 2.05) is 26.0 Å². The predicted molar refractivity (Wildman–Crippen MR) is 113 cm³/mol. The summed E-state index contributed by atoms with van der Waals surface area (Å²) in [5.41, 5.74) is 0.895. The van der Waals surface area contributed by atoms with Gasteiger partial charge in [0.05, 0.1) is 6.61 Å². The minimum atomic E-state index is -3.77. The first-order chi connectivity index (χ1) is 13.2. The zero-order valence-corrected chi connectivity index (χ0v) is 18.4. The molecule has 1 aliphatic heterocycles. The lowest BCUT2D eigenvalue weighted by Gasteiger charge is -2.37. The molecule has 7 heteroatoms. The number of hydrogen-bond acceptors (Lipinski definition) is 5. The summed E-state index contributed by atoms with van der Waals surface area (Å²) in [6.07, 6.45) is 4.72. The highest BCUT2D eigenvalue weighted by Gasteiger charge is 2.37. The zero-order chi connectivity index (χ0) is 20.9. The van der Waals surface area contributed by atoms with Crippen molar-refractivity contribution in [1.29, 1.82) is 0 Å². The van der Waals surface area contributed by atoms with Gasteiger partial charge in [0.2, 0.25) is 10.0 Å². The normalized spacial score (nSPS) is 23.8. The number of hydrogen-bond donors (Lipinski definition) is 1. The van der Waals surface area contributed by atoms with E-state index in [2.05, 4.69) is 18.9 Å². The SMILES string of the molecule is C/C=C/c1ccc2c(c1)O[C@@H](CN(C)CCC)[C@@H](C)CN([C@@H](C)CO)S2(=O)=O. The van der Waals surface area contributed by atoms with Gasteiger partial charge in [0.1, 0.15) is 16.7 Å². The molecule has 0 saturated carbocycles. The van der Waals surface area contributed by atoms with Crippen LogP contribution in [0.4, 0.5) is 0 Å². The summed E-state index contributed by atoms with van der Waals surface area (Å²) in [5.74, 6) is 0.355. The first-order valence-corrected chi connectivity index (χ1v) is 11.4. The molecule has 3 atom stereocenters. The molecule has 6 nitrogen and oxygen atoms in total. The molecule has 0 unspecified atom stereocenters. The highest BCUT2D eigenvalue weighted by Crippen LogP contribution is 2.34. The second kappa shape index (κ2) is 9.87. The molecule has 1 aromatic rings. The first-order valence-electron chi connectivity index (χ1n) is 9.99. The lowest BCUT2D eigenvalue weighted by atomic mass is 10.0. The number of ether oxygens (including phenoxy) is 1. The second-order valence-electron chi connectivity index (χ2n) is 7.71. The number of likely N-dealkylation sites (N-methyl/N-ethyl adjacent to an activating group) is 1. The second-order valence-corrected chi connectivity index (χ2v) is 9.57. The van der Waals surface area contributed by atoms with Gasteiger partial charge in [-0.25, -0.2) is 8.42 Å². The van der Waals surface area contributed by atoms with E-state index in [9.17, 15) is 13.5 Å². The van der Waals surface area contributed by atoms with Crippen LogP contribution in [0.5, 0.6) is 5.75 Å². The summed E-state index contributed by atoms with van der Waals surface area (Å²) >= 11 is 0. The third-order valence-corrected chi connectivity index (χ3v) is 7.17. The fourth-order valence-corrected chi connectivity index (χ4v) is 5.36. The summed E-state index contributed by atoms with van der Waals surface area (Å²) in [6, 6.07) is 4.69. The van der Waals surface area contributed by atoms with Crippen LogP contribution in [-0.2, 0) is 10.0 Å². The molecule has 0 radical (unpaired) electrons. The Bertz CT molecular complexity index is 779. The van der Waals surface area contributed by atoms with Crippen LogP contribution in [0, 0.1) is 5.92 Å². The van der Waals surface area contributed by atoms with Gasteiger partial charge in [-0.05, 0) is 51.6 Å². The van der Waals surface area contributed by atoms with Gasteiger partial charge in [0.15, 0.2) is 0 Å². The molecule has 1 aromatic carbocycles. The van der Waals surface area contributed by atoms with Crippen molar-refractivity contribution < 1.29 is 18.3 Å². The van der Waals surface area contributed by atoms with Gasteiger partial charge < -0.3 is 14.7 Å². The summed E-state index contributed by atoms with van der Waals surface area (Å²) < 4.78 is 34.4. The van der Waals surface area contributed by atoms with E-state index in [0.717, 1.165) is 18.5 Å². The number of nitrogens with zero attached hydrogens (tertiary/aromatic N) is 2. The van der Waals surface area contributed by atoms with E-state index < -0.39 is 16.1 Å². The third-order valence-electron chi connectivity index (χ3n) is 5.15. The van der Waals surface area contributed by atoms with E-state index >= 15 is 0 Å². The third kappa shape index (κ3) is 5.14. The molecule has 0 amide bonds. The number of benzene rings is 1. The van der Waals surface area contributed by atoms with Crippen molar-refractivity contribution in [2.75, 3.05) is 33.3 Å². The lowest BCUT2D eigenvalue weighted by Crippen LogP contribution is -2.49. The Kier molecular flexibility index (Phi) is 8.07. The van der Waals surface area contributed by atoms with E-state index in [4.69, 9.17) is 4.74 Å². The first kappa shape index (κ1) is 22.9. The molecule has 28 heavy (non-hydrogen) atoms. The molecule has 158 valence electrons. The van der Waals surface area contributed by atoms with Gasteiger partial charge in [-0.1, -0.05) is 32.1 Å². The smallest absolute Gasteiger partial charge is 0.247 e. The van der Waals surface area contributed by atoms with Gasteiger partial charge in [0.25, 0.3) is 0 Å². The molecule has 0 aliphatic carbocycles.